The first-order chi connectivity index (χ1) is 25.0. The van der Waals surface area contributed by atoms with Crippen LogP contribution in [-0.4, -0.2) is 112 Å². The van der Waals surface area contributed by atoms with Crippen molar-refractivity contribution in [2.24, 2.45) is 0 Å². The minimum absolute atomic E-state index is 0.00128. The Morgan fingerprint density at radius 3 is 2.45 bits per heavy atom. The van der Waals surface area contributed by atoms with Crippen molar-refractivity contribution < 1.29 is 54.9 Å². The molecule has 0 radical (unpaired) electrons. The van der Waals surface area contributed by atoms with E-state index in [4.69, 9.17) is 21.1 Å². The molecular formula is C34H35ClF4N5O8S-. The van der Waals surface area contributed by atoms with Crippen LogP contribution in [0.3, 0.4) is 0 Å². The van der Waals surface area contributed by atoms with Gasteiger partial charge in [-0.05, 0) is 70.2 Å². The summed E-state index contributed by atoms with van der Waals surface area (Å²) in [5.74, 6) is -4.05. The number of carboxylic acid groups (broad SMARTS) is 1. The van der Waals surface area contributed by atoms with E-state index < -0.39 is 67.0 Å². The normalized spacial score (nSPS) is 21.8. The highest BCUT2D eigenvalue weighted by atomic mass is 35.5. The molecule has 0 bridgehead atoms. The van der Waals surface area contributed by atoms with Gasteiger partial charge in [0.15, 0.2) is 5.75 Å². The Hall–Kier alpha value is -4.39. The molecule has 2 amide bonds. The fourth-order valence-electron chi connectivity index (χ4n) is 7.56. The van der Waals surface area contributed by atoms with Gasteiger partial charge in [-0.15, -0.1) is 13.2 Å². The Morgan fingerprint density at radius 2 is 1.81 bits per heavy atom. The summed E-state index contributed by atoms with van der Waals surface area (Å²) >= 11 is 6.22. The average Bonchev–Trinajstić information content (AvgIpc) is 3.35. The molecule has 0 N–H and O–H groups in total. The maximum absolute atomic E-state index is 15.7. The van der Waals surface area contributed by atoms with Crippen molar-refractivity contribution in [2.45, 2.75) is 48.5 Å². The van der Waals surface area contributed by atoms with Crippen LogP contribution in [0.1, 0.15) is 30.9 Å². The number of pyridine rings is 1. The molecule has 3 aliphatic rings. The summed E-state index contributed by atoms with van der Waals surface area (Å²) in [5, 5.41) is 12.4. The average molecular weight is 785 g/mol. The van der Waals surface area contributed by atoms with Crippen molar-refractivity contribution in [3.05, 3.63) is 70.6 Å². The van der Waals surface area contributed by atoms with E-state index in [1.807, 2.05) is 11.9 Å². The maximum Gasteiger partial charge on any atom is 0.573 e. The molecule has 2 fully saturated rings. The summed E-state index contributed by atoms with van der Waals surface area (Å²) in [6, 6.07) is 5.41. The van der Waals surface area contributed by atoms with E-state index in [-0.39, 0.29) is 59.3 Å². The van der Waals surface area contributed by atoms with Gasteiger partial charge in [-0.25, -0.2) is 22.1 Å². The maximum atomic E-state index is 15.7. The number of amides is 2. The summed E-state index contributed by atoms with van der Waals surface area (Å²) in [6.07, 6.45) is -4.34. The van der Waals surface area contributed by atoms with Crippen molar-refractivity contribution in [2.75, 3.05) is 57.8 Å². The summed E-state index contributed by atoms with van der Waals surface area (Å²) in [6.45, 7) is 2.99. The number of nitrogens with zero attached hydrogens (tertiary/aromatic N) is 5. The zero-order chi connectivity index (χ0) is 38.5. The van der Waals surface area contributed by atoms with Crippen LogP contribution in [0.25, 0.3) is 0 Å². The Labute approximate surface area is 307 Å². The monoisotopic (exact) mass is 784 g/mol. The molecule has 1 aromatic heterocycles. The molecule has 286 valence electrons. The Balaban J connectivity index is 1.65. The van der Waals surface area contributed by atoms with E-state index in [2.05, 4.69) is 14.6 Å². The zero-order valence-corrected chi connectivity index (χ0v) is 30.3. The number of benzene rings is 2. The standard InChI is InChI=1S/C34H36ClF4N5O8S/c1-4-51-30-22(6-5-11-40-30)33(29-19-42(14-15-43(29)32(46)47)20-9-12-41(2)13-10-20)23-17-25(36)24(35)18-26(23)44(31(33)45)53(48,49)28-8-7-21(50-3)16-27(28)52-34(37,38)39/h5-8,11,16-18,20,29H,4,9-10,12-15,19H2,1-3H3,(H,46,47)/p-1. The number of hydrogen-bond donors (Lipinski definition) is 0. The molecule has 2 aromatic carbocycles. The van der Waals surface area contributed by atoms with Crippen LogP contribution in [0.5, 0.6) is 17.4 Å². The second-order valence-corrected chi connectivity index (χ2v) is 15.0. The lowest BCUT2D eigenvalue weighted by molar-refractivity contribution is -0.275. The minimum Gasteiger partial charge on any atom is -0.530 e. The first-order valence-corrected chi connectivity index (χ1v) is 18.4. The topological polar surface area (TPSA) is 145 Å². The number of ether oxygens (including phenoxy) is 3. The SMILES string of the molecule is CCOc1ncccc1C1(C2CN(C3CCN(C)CC3)CCN2C(=O)[O-])C(=O)N(S(=O)(=O)c2ccc(OC)cc2OC(F)(F)F)c2cc(Cl)c(F)cc21. The number of sulfonamides is 1. The van der Waals surface area contributed by atoms with Crippen molar-refractivity contribution in [1.29, 1.82) is 0 Å². The molecule has 13 nitrogen and oxygen atoms in total. The predicted octanol–water partition coefficient (Wildman–Crippen LogP) is 3.63. The van der Waals surface area contributed by atoms with Gasteiger partial charge in [-0.2, -0.15) is 0 Å². The van der Waals surface area contributed by atoms with Gasteiger partial charge in [0.1, 0.15) is 28.0 Å². The number of fused-ring (bicyclic) bond motifs is 1. The van der Waals surface area contributed by atoms with E-state index >= 15 is 9.18 Å². The number of carbonyl (C=O) groups is 2. The smallest absolute Gasteiger partial charge is 0.530 e. The lowest BCUT2D eigenvalue weighted by Gasteiger charge is -2.52. The lowest BCUT2D eigenvalue weighted by Crippen LogP contribution is -2.69. The molecule has 19 heteroatoms. The molecule has 0 spiro atoms. The number of carbonyl (C=O) groups excluding carboxylic acids is 2. The largest absolute Gasteiger partial charge is 0.573 e. The number of piperazine rings is 1. The van der Waals surface area contributed by atoms with E-state index in [0.717, 1.165) is 49.4 Å². The van der Waals surface area contributed by atoms with Crippen LogP contribution in [0.4, 0.5) is 28.0 Å². The Kier molecular flexibility index (Phi) is 10.5. The number of likely N-dealkylation sites (tertiary alicyclic amines) is 1. The molecule has 0 aliphatic carbocycles. The van der Waals surface area contributed by atoms with Gasteiger partial charge >= 0.3 is 6.36 Å². The molecule has 2 unspecified atom stereocenters. The summed E-state index contributed by atoms with van der Waals surface area (Å²) < 4.78 is 101. The molecule has 6 rings (SSSR count). The number of aromatic nitrogens is 1. The Morgan fingerprint density at radius 1 is 1.09 bits per heavy atom. The van der Waals surface area contributed by atoms with Gasteiger partial charge in [0, 0.05) is 49.1 Å². The number of rotatable bonds is 9. The second kappa shape index (κ2) is 14.4. The first-order valence-electron chi connectivity index (χ1n) is 16.6. The van der Waals surface area contributed by atoms with Crippen molar-refractivity contribution >= 4 is 39.3 Å². The van der Waals surface area contributed by atoms with E-state index in [0.29, 0.717) is 18.9 Å². The van der Waals surface area contributed by atoms with Gasteiger partial charge in [0.05, 0.1) is 30.5 Å². The van der Waals surface area contributed by atoms with Gasteiger partial charge < -0.3 is 33.9 Å². The summed E-state index contributed by atoms with van der Waals surface area (Å²) in [5.41, 5.74) is -3.42. The molecule has 53 heavy (non-hydrogen) atoms. The van der Waals surface area contributed by atoms with Crippen LogP contribution >= 0.6 is 11.6 Å². The number of anilines is 1. The molecule has 2 atom stereocenters. The first kappa shape index (κ1) is 38.3. The number of hydrogen-bond acceptors (Lipinski definition) is 11. The highest BCUT2D eigenvalue weighted by Gasteiger charge is 2.64. The molecule has 2 saturated heterocycles. The second-order valence-electron chi connectivity index (χ2n) is 12.8. The minimum atomic E-state index is -5.42. The third-order valence-corrected chi connectivity index (χ3v) is 12.0. The molecule has 3 aliphatic heterocycles. The highest BCUT2D eigenvalue weighted by Crippen LogP contribution is 2.55. The number of alkyl halides is 3. The van der Waals surface area contributed by atoms with Gasteiger partial charge in [-0.3, -0.25) is 9.69 Å². The Bertz CT molecular complexity index is 2020. The molecule has 4 heterocycles. The fourth-order valence-corrected chi connectivity index (χ4v) is 9.29. The van der Waals surface area contributed by atoms with Crippen LogP contribution < -0.4 is 23.6 Å². The van der Waals surface area contributed by atoms with Crippen LogP contribution in [0.2, 0.25) is 5.02 Å². The van der Waals surface area contributed by atoms with Crippen LogP contribution in [0, 0.1) is 5.82 Å². The van der Waals surface area contributed by atoms with Gasteiger partial charge in [-0.1, -0.05) is 17.7 Å². The summed E-state index contributed by atoms with van der Waals surface area (Å²) in [7, 11) is -2.31. The lowest BCUT2D eigenvalue weighted by atomic mass is 9.68. The molecule has 0 saturated carbocycles. The van der Waals surface area contributed by atoms with Crippen LogP contribution in [-0.2, 0) is 20.2 Å². The third-order valence-electron chi connectivity index (χ3n) is 9.93. The predicted molar refractivity (Wildman–Crippen MR) is 180 cm³/mol. The number of methoxy groups -OCH3 is 1. The highest BCUT2D eigenvalue weighted by molar-refractivity contribution is 7.93. The van der Waals surface area contributed by atoms with Crippen LogP contribution in [0.15, 0.2) is 53.6 Å². The fraction of sp³-hybridized carbons (Fsp3) is 0.441. The molecule has 3 aromatic rings. The van der Waals surface area contributed by atoms with Gasteiger partial charge in [0.25, 0.3) is 15.9 Å². The van der Waals surface area contributed by atoms with Crippen molar-refractivity contribution in [3.63, 3.8) is 0 Å². The third kappa shape index (κ3) is 6.81. The number of halogens is 5. The van der Waals surface area contributed by atoms with Crippen molar-refractivity contribution in [3.8, 4) is 17.4 Å². The van der Waals surface area contributed by atoms with Crippen molar-refractivity contribution in [1.82, 2.24) is 19.7 Å². The van der Waals surface area contributed by atoms with Gasteiger partial charge in [0.2, 0.25) is 5.88 Å². The van der Waals surface area contributed by atoms with E-state index in [9.17, 15) is 31.5 Å². The summed E-state index contributed by atoms with van der Waals surface area (Å²) in [4.78, 5) is 36.7. The number of piperidine rings is 1. The zero-order valence-electron chi connectivity index (χ0n) is 28.7. The van der Waals surface area contributed by atoms with E-state index in [1.54, 1.807) is 6.92 Å². The quantitative estimate of drug-likeness (QED) is 0.294. The molecular weight excluding hydrogens is 750 g/mol. The van der Waals surface area contributed by atoms with E-state index in [1.165, 1.54) is 18.3 Å².